The molecule has 0 unspecified atom stereocenters. The maximum absolute atomic E-state index is 12.3. The lowest BCUT2D eigenvalue weighted by molar-refractivity contribution is -0.115. The molecular weight excluding hydrogens is 441 g/mol. The summed E-state index contributed by atoms with van der Waals surface area (Å²) in [4.78, 5) is 24.4. The van der Waals surface area contributed by atoms with Crippen LogP contribution in [-0.2, 0) is 11.3 Å². The molecule has 0 saturated carbocycles. The lowest BCUT2D eigenvalue weighted by Crippen LogP contribution is -2.29. The van der Waals surface area contributed by atoms with Gasteiger partial charge in [0, 0.05) is 17.6 Å². The third-order valence-electron chi connectivity index (χ3n) is 4.41. The maximum Gasteiger partial charge on any atom is 0.253 e. The van der Waals surface area contributed by atoms with Gasteiger partial charge in [0.05, 0.1) is 36.5 Å². The number of methoxy groups -OCH3 is 1. The normalized spacial score (nSPS) is 10.6. The van der Waals surface area contributed by atoms with Gasteiger partial charge in [0.15, 0.2) is 0 Å². The number of benzene rings is 2. The summed E-state index contributed by atoms with van der Waals surface area (Å²) in [5.74, 6) is 1.10. The molecule has 31 heavy (non-hydrogen) atoms. The van der Waals surface area contributed by atoms with Gasteiger partial charge in [0.1, 0.15) is 17.3 Å². The number of carbonyl (C=O) groups is 2. The van der Waals surface area contributed by atoms with Crippen LogP contribution in [0.2, 0.25) is 10.0 Å². The highest BCUT2D eigenvalue weighted by molar-refractivity contribution is 6.35. The fourth-order valence-electron chi connectivity index (χ4n) is 2.88. The van der Waals surface area contributed by atoms with Crippen LogP contribution in [0.4, 0.5) is 5.69 Å². The second kappa shape index (κ2) is 10.3. The van der Waals surface area contributed by atoms with E-state index in [9.17, 15) is 9.59 Å². The summed E-state index contributed by atoms with van der Waals surface area (Å²) in [6.45, 7) is 0.351. The molecule has 0 aliphatic rings. The quantitative estimate of drug-likeness (QED) is 0.463. The van der Waals surface area contributed by atoms with Crippen LogP contribution >= 0.6 is 23.2 Å². The van der Waals surface area contributed by atoms with Crippen molar-refractivity contribution in [3.8, 4) is 17.1 Å². The SMILES string of the molecule is CNC(=O)c1cc(OC)ccc1NC(=O)CNCc1ccc(-c2cc(Cl)ccc2Cl)o1. The highest BCUT2D eigenvalue weighted by Crippen LogP contribution is 2.31. The molecule has 0 aliphatic heterocycles. The number of ether oxygens (including phenoxy) is 1. The van der Waals surface area contributed by atoms with Crippen molar-refractivity contribution < 1.29 is 18.7 Å². The van der Waals surface area contributed by atoms with Crippen molar-refractivity contribution >= 4 is 40.7 Å². The minimum atomic E-state index is -0.329. The van der Waals surface area contributed by atoms with E-state index in [2.05, 4.69) is 16.0 Å². The van der Waals surface area contributed by atoms with E-state index in [1.54, 1.807) is 48.5 Å². The molecular formula is C22H21Cl2N3O4. The van der Waals surface area contributed by atoms with Crippen LogP contribution in [0.25, 0.3) is 11.3 Å². The zero-order valence-corrected chi connectivity index (χ0v) is 18.4. The Hall–Kier alpha value is -3.00. The molecule has 0 spiro atoms. The van der Waals surface area contributed by atoms with Crippen molar-refractivity contribution in [2.45, 2.75) is 6.54 Å². The van der Waals surface area contributed by atoms with Crippen molar-refractivity contribution in [3.63, 3.8) is 0 Å². The molecule has 0 fully saturated rings. The lowest BCUT2D eigenvalue weighted by atomic mass is 10.1. The van der Waals surface area contributed by atoms with Crippen LogP contribution in [0.3, 0.4) is 0 Å². The Balaban J connectivity index is 1.58. The average molecular weight is 462 g/mol. The first-order chi connectivity index (χ1) is 14.9. The number of halogens is 2. The Bertz CT molecular complexity index is 1100. The van der Waals surface area contributed by atoms with Gasteiger partial charge in [-0.05, 0) is 48.5 Å². The van der Waals surface area contributed by atoms with Gasteiger partial charge in [-0.25, -0.2) is 0 Å². The monoisotopic (exact) mass is 461 g/mol. The van der Waals surface area contributed by atoms with E-state index in [-0.39, 0.29) is 18.4 Å². The van der Waals surface area contributed by atoms with E-state index in [1.165, 1.54) is 14.2 Å². The molecule has 0 saturated heterocycles. The van der Waals surface area contributed by atoms with Crippen molar-refractivity contribution in [2.75, 3.05) is 26.0 Å². The first-order valence-corrected chi connectivity index (χ1v) is 10.1. The number of hydrogen-bond acceptors (Lipinski definition) is 5. The molecule has 1 aromatic heterocycles. The first kappa shape index (κ1) is 22.7. The summed E-state index contributed by atoms with van der Waals surface area (Å²) in [7, 11) is 3.02. The fraction of sp³-hybridized carbons (Fsp3) is 0.182. The molecule has 3 N–H and O–H groups in total. The average Bonchev–Trinajstić information content (AvgIpc) is 3.23. The zero-order chi connectivity index (χ0) is 22.4. The van der Waals surface area contributed by atoms with Crippen LogP contribution in [-0.4, -0.2) is 32.5 Å². The molecule has 0 aliphatic carbocycles. The van der Waals surface area contributed by atoms with Crippen LogP contribution in [0.1, 0.15) is 16.1 Å². The van der Waals surface area contributed by atoms with Gasteiger partial charge in [0.2, 0.25) is 5.91 Å². The fourth-order valence-corrected chi connectivity index (χ4v) is 3.26. The Morgan fingerprint density at radius 3 is 2.61 bits per heavy atom. The number of anilines is 1. The molecule has 0 atom stereocenters. The Kier molecular flexibility index (Phi) is 7.57. The number of hydrogen-bond donors (Lipinski definition) is 3. The number of rotatable bonds is 8. The van der Waals surface area contributed by atoms with Crippen molar-refractivity contribution in [1.82, 2.24) is 10.6 Å². The number of furan rings is 1. The second-order valence-corrected chi connectivity index (χ2v) is 7.38. The van der Waals surface area contributed by atoms with Crippen LogP contribution in [0.15, 0.2) is 52.9 Å². The minimum absolute atomic E-state index is 0.0210. The third kappa shape index (κ3) is 5.79. The van der Waals surface area contributed by atoms with Gasteiger partial charge in [0.25, 0.3) is 5.91 Å². The van der Waals surface area contributed by atoms with Gasteiger partial charge in [-0.1, -0.05) is 23.2 Å². The van der Waals surface area contributed by atoms with E-state index >= 15 is 0 Å². The number of carbonyl (C=O) groups excluding carboxylic acids is 2. The van der Waals surface area contributed by atoms with Crippen molar-refractivity contribution in [3.05, 3.63) is 69.9 Å². The van der Waals surface area contributed by atoms with Gasteiger partial charge in [-0.3, -0.25) is 9.59 Å². The summed E-state index contributed by atoms with van der Waals surface area (Å²) < 4.78 is 10.9. The van der Waals surface area contributed by atoms with Crippen molar-refractivity contribution in [1.29, 1.82) is 0 Å². The molecule has 2 aromatic carbocycles. The lowest BCUT2D eigenvalue weighted by Gasteiger charge is -2.12. The van der Waals surface area contributed by atoms with Gasteiger partial charge >= 0.3 is 0 Å². The standard InChI is InChI=1S/C22H21Cl2N3O4/c1-25-22(29)17-10-14(30-2)4-7-19(17)27-21(28)12-26-11-15-5-8-20(31-15)16-9-13(23)3-6-18(16)24/h3-10,26H,11-12H2,1-2H3,(H,25,29)(H,27,28). The summed E-state index contributed by atoms with van der Waals surface area (Å²) in [5.41, 5.74) is 1.39. The molecule has 9 heteroatoms. The third-order valence-corrected chi connectivity index (χ3v) is 4.98. The van der Waals surface area contributed by atoms with E-state index in [0.717, 1.165) is 0 Å². The van der Waals surface area contributed by atoms with E-state index in [1.807, 2.05) is 0 Å². The van der Waals surface area contributed by atoms with Gasteiger partial charge in [-0.15, -0.1) is 0 Å². The first-order valence-electron chi connectivity index (χ1n) is 9.36. The van der Waals surface area contributed by atoms with Crippen LogP contribution in [0.5, 0.6) is 5.75 Å². The summed E-state index contributed by atoms with van der Waals surface area (Å²) in [5, 5.41) is 9.37. The topological polar surface area (TPSA) is 92.6 Å². The predicted octanol–water partition coefficient (Wildman–Crippen LogP) is 4.35. The predicted molar refractivity (Wildman–Crippen MR) is 121 cm³/mol. The molecule has 1 heterocycles. The van der Waals surface area contributed by atoms with Crippen LogP contribution < -0.4 is 20.7 Å². The molecule has 7 nitrogen and oxygen atoms in total. The van der Waals surface area contributed by atoms with E-state index in [4.69, 9.17) is 32.4 Å². The smallest absolute Gasteiger partial charge is 0.253 e. The minimum Gasteiger partial charge on any atom is -0.497 e. The number of nitrogens with one attached hydrogen (secondary N) is 3. The molecule has 2 amide bonds. The zero-order valence-electron chi connectivity index (χ0n) is 16.9. The highest BCUT2D eigenvalue weighted by Gasteiger charge is 2.14. The van der Waals surface area contributed by atoms with E-state index < -0.39 is 0 Å². The molecule has 3 rings (SSSR count). The van der Waals surface area contributed by atoms with Gasteiger partial charge in [-0.2, -0.15) is 0 Å². The summed E-state index contributed by atoms with van der Waals surface area (Å²) in [6, 6.07) is 13.6. The molecule has 3 aromatic rings. The van der Waals surface area contributed by atoms with Gasteiger partial charge < -0.3 is 25.1 Å². The second-order valence-electron chi connectivity index (χ2n) is 6.53. The Morgan fingerprint density at radius 1 is 1.06 bits per heavy atom. The summed E-state index contributed by atoms with van der Waals surface area (Å²) in [6.07, 6.45) is 0. The summed E-state index contributed by atoms with van der Waals surface area (Å²) >= 11 is 12.2. The number of amides is 2. The molecule has 0 radical (unpaired) electrons. The van der Waals surface area contributed by atoms with Crippen LogP contribution in [0, 0.1) is 0 Å². The Labute approximate surface area is 189 Å². The largest absolute Gasteiger partial charge is 0.497 e. The molecule has 162 valence electrons. The van der Waals surface area contributed by atoms with E-state index in [0.29, 0.717) is 50.7 Å². The van der Waals surface area contributed by atoms with Crippen molar-refractivity contribution in [2.24, 2.45) is 0 Å². The molecule has 0 bridgehead atoms. The maximum atomic E-state index is 12.3. The Morgan fingerprint density at radius 2 is 1.87 bits per heavy atom. The highest BCUT2D eigenvalue weighted by atomic mass is 35.5.